The minimum atomic E-state index is 0.575. The van der Waals surface area contributed by atoms with Gasteiger partial charge < -0.3 is 0 Å². The largest absolute Gasteiger partial charge is 0.0890 e. The highest BCUT2D eigenvalue weighted by Crippen LogP contribution is 2.41. The van der Waals surface area contributed by atoms with Crippen LogP contribution in [0.5, 0.6) is 0 Å². The fraction of sp³-hybridized carbons (Fsp3) is 0.455. The van der Waals surface area contributed by atoms with Crippen LogP contribution in [0.2, 0.25) is 10.0 Å². The molecule has 2 atom stereocenters. The van der Waals surface area contributed by atoms with Crippen LogP contribution in [0, 0.1) is 0 Å². The van der Waals surface area contributed by atoms with Crippen LogP contribution < -0.4 is 0 Å². The van der Waals surface area contributed by atoms with Gasteiger partial charge in [-0.05, 0) is 48.9 Å². The van der Waals surface area contributed by atoms with Crippen LogP contribution in [0.15, 0.2) is 18.2 Å². The summed E-state index contributed by atoms with van der Waals surface area (Å²) in [7, 11) is 0. The summed E-state index contributed by atoms with van der Waals surface area (Å²) in [4.78, 5) is 0.641. The first kappa shape index (κ1) is 10.8. The van der Waals surface area contributed by atoms with E-state index >= 15 is 0 Å². The van der Waals surface area contributed by atoms with Gasteiger partial charge in [-0.15, -0.1) is 0 Å². The zero-order valence-electron chi connectivity index (χ0n) is 7.64. The highest BCUT2D eigenvalue weighted by atomic mass is 79.9. The fourth-order valence-electron chi connectivity index (χ4n) is 2.04. The summed E-state index contributed by atoms with van der Waals surface area (Å²) in [6.45, 7) is 0. The van der Waals surface area contributed by atoms with Gasteiger partial charge in [-0.1, -0.05) is 39.1 Å². The summed E-state index contributed by atoms with van der Waals surface area (Å²) in [6.07, 6.45) is 3.60. The molecule has 0 bridgehead atoms. The van der Waals surface area contributed by atoms with Gasteiger partial charge in [0.1, 0.15) is 0 Å². The Labute approximate surface area is 103 Å². The van der Waals surface area contributed by atoms with Crippen LogP contribution >= 0.6 is 39.1 Å². The van der Waals surface area contributed by atoms with Crippen molar-refractivity contribution < 1.29 is 0 Å². The Hall–Kier alpha value is 0.280. The quantitative estimate of drug-likeness (QED) is 0.638. The topological polar surface area (TPSA) is 0 Å². The standard InChI is InChI=1S/C11H11BrCl2/c12-8-2-1-7(5-8)10-6-9(13)3-4-11(10)14/h3-4,6-8H,1-2,5H2. The molecule has 2 unspecified atom stereocenters. The van der Waals surface area contributed by atoms with E-state index in [1.165, 1.54) is 24.8 Å². The summed E-state index contributed by atoms with van der Waals surface area (Å²) >= 11 is 15.8. The van der Waals surface area contributed by atoms with E-state index < -0.39 is 0 Å². The predicted octanol–water partition coefficient (Wildman–Crippen LogP) is 5.02. The van der Waals surface area contributed by atoms with Gasteiger partial charge in [0, 0.05) is 14.9 Å². The van der Waals surface area contributed by atoms with Crippen molar-refractivity contribution in [2.45, 2.75) is 30.0 Å². The van der Waals surface area contributed by atoms with Crippen molar-refractivity contribution in [2.24, 2.45) is 0 Å². The molecule has 0 nitrogen and oxygen atoms in total. The van der Waals surface area contributed by atoms with Crippen molar-refractivity contribution in [1.29, 1.82) is 0 Å². The smallest absolute Gasteiger partial charge is 0.0441 e. The van der Waals surface area contributed by atoms with Gasteiger partial charge in [0.15, 0.2) is 0 Å². The normalized spacial score (nSPS) is 26.8. The number of alkyl halides is 1. The molecule has 1 fully saturated rings. The van der Waals surface area contributed by atoms with Gasteiger partial charge in [0.05, 0.1) is 0 Å². The van der Waals surface area contributed by atoms with Gasteiger partial charge in [-0.25, -0.2) is 0 Å². The number of hydrogen-bond donors (Lipinski definition) is 0. The molecule has 0 heterocycles. The van der Waals surface area contributed by atoms with E-state index in [-0.39, 0.29) is 0 Å². The lowest BCUT2D eigenvalue weighted by atomic mass is 9.98. The lowest BCUT2D eigenvalue weighted by Crippen LogP contribution is -1.95. The highest BCUT2D eigenvalue weighted by Gasteiger charge is 2.25. The summed E-state index contributed by atoms with van der Waals surface area (Å²) in [5, 5.41) is 1.63. The molecule has 0 aliphatic heterocycles. The minimum Gasteiger partial charge on any atom is -0.0890 e. The van der Waals surface area contributed by atoms with Crippen LogP contribution in [0.4, 0.5) is 0 Å². The van der Waals surface area contributed by atoms with Crippen molar-refractivity contribution >= 4 is 39.1 Å². The van der Waals surface area contributed by atoms with Crippen molar-refractivity contribution in [3.05, 3.63) is 33.8 Å². The van der Waals surface area contributed by atoms with Crippen LogP contribution in [0.1, 0.15) is 30.7 Å². The van der Waals surface area contributed by atoms with E-state index in [1.54, 1.807) is 0 Å². The number of rotatable bonds is 1. The molecule has 2 rings (SSSR count). The Morgan fingerprint density at radius 3 is 2.64 bits per heavy atom. The molecule has 1 aromatic carbocycles. The maximum atomic E-state index is 6.15. The van der Waals surface area contributed by atoms with Crippen LogP contribution in [0.25, 0.3) is 0 Å². The van der Waals surface area contributed by atoms with Gasteiger partial charge in [-0.2, -0.15) is 0 Å². The molecule has 1 saturated carbocycles. The molecule has 0 amide bonds. The molecule has 76 valence electrons. The fourth-order valence-corrected chi connectivity index (χ4v) is 3.20. The zero-order valence-corrected chi connectivity index (χ0v) is 10.7. The summed E-state index contributed by atoms with van der Waals surface area (Å²) in [5.41, 5.74) is 1.21. The second kappa shape index (κ2) is 4.42. The molecule has 14 heavy (non-hydrogen) atoms. The number of hydrogen-bond acceptors (Lipinski definition) is 0. The first-order valence-electron chi connectivity index (χ1n) is 4.76. The average Bonchev–Trinajstić information content (AvgIpc) is 2.56. The maximum absolute atomic E-state index is 6.15. The van der Waals surface area contributed by atoms with Crippen molar-refractivity contribution in [2.75, 3.05) is 0 Å². The first-order chi connectivity index (χ1) is 6.66. The van der Waals surface area contributed by atoms with Crippen molar-refractivity contribution in [3.63, 3.8) is 0 Å². The van der Waals surface area contributed by atoms with E-state index in [2.05, 4.69) is 15.9 Å². The summed E-state index contributed by atoms with van der Waals surface area (Å²) in [6, 6.07) is 5.73. The molecule has 0 spiro atoms. The molecule has 1 aliphatic carbocycles. The van der Waals surface area contributed by atoms with E-state index in [4.69, 9.17) is 23.2 Å². The SMILES string of the molecule is Clc1ccc(Cl)c(C2CCC(Br)C2)c1. The zero-order chi connectivity index (χ0) is 10.1. The highest BCUT2D eigenvalue weighted by molar-refractivity contribution is 9.09. The molecule has 0 radical (unpaired) electrons. The molecular formula is C11H11BrCl2. The van der Waals surface area contributed by atoms with Gasteiger partial charge in [0.25, 0.3) is 0 Å². The predicted molar refractivity (Wildman–Crippen MR) is 65.8 cm³/mol. The monoisotopic (exact) mass is 292 g/mol. The van der Waals surface area contributed by atoms with E-state index in [9.17, 15) is 0 Å². The second-order valence-corrected chi connectivity index (χ2v) is 5.91. The Bertz CT molecular complexity index is 338. The Morgan fingerprint density at radius 2 is 2.00 bits per heavy atom. The molecule has 0 aromatic heterocycles. The van der Waals surface area contributed by atoms with Crippen LogP contribution in [0.3, 0.4) is 0 Å². The van der Waals surface area contributed by atoms with Gasteiger partial charge in [0.2, 0.25) is 0 Å². The van der Waals surface area contributed by atoms with Crippen molar-refractivity contribution in [1.82, 2.24) is 0 Å². The lowest BCUT2D eigenvalue weighted by molar-refractivity contribution is 0.726. The molecule has 1 aliphatic rings. The molecule has 0 saturated heterocycles. The van der Waals surface area contributed by atoms with Gasteiger partial charge >= 0.3 is 0 Å². The third kappa shape index (κ3) is 2.26. The van der Waals surface area contributed by atoms with Crippen LogP contribution in [-0.2, 0) is 0 Å². The molecule has 1 aromatic rings. The molecule has 3 heteroatoms. The lowest BCUT2D eigenvalue weighted by Gasteiger charge is -2.11. The second-order valence-electron chi connectivity index (χ2n) is 3.77. The molecule has 0 N–H and O–H groups in total. The minimum absolute atomic E-state index is 0.575. The third-order valence-electron chi connectivity index (χ3n) is 2.77. The van der Waals surface area contributed by atoms with Crippen molar-refractivity contribution in [3.8, 4) is 0 Å². The Morgan fingerprint density at radius 1 is 1.21 bits per heavy atom. The number of benzene rings is 1. The summed E-state index contributed by atoms with van der Waals surface area (Å²) < 4.78 is 0. The first-order valence-corrected chi connectivity index (χ1v) is 6.43. The maximum Gasteiger partial charge on any atom is 0.0441 e. The number of halogens is 3. The van der Waals surface area contributed by atoms with E-state index in [0.717, 1.165) is 10.0 Å². The Kier molecular flexibility index (Phi) is 3.41. The van der Waals surface area contributed by atoms with Crippen LogP contribution in [-0.4, -0.2) is 4.83 Å². The third-order valence-corrected chi connectivity index (χ3v) is 4.18. The van der Waals surface area contributed by atoms with E-state index in [0.29, 0.717) is 10.7 Å². The van der Waals surface area contributed by atoms with E-state index in [1.807, 2.05) is 18.2 Å². The summed E-state index contributed by atoms with van der Waals surface area (Å²) in [5.74, 6) is 0.575. The average molecular weight is 294 g/mol. The Balaban J connectivity index is 2.27. The molecular weight excluding hydrogens is 283 g/mol. The van der Waals surface area contributed by atoms with Gasteiger partial charge in [-0.3, -0.25) is 0 Å².